The second-order valence-corrected chi connectivity index (χ2v) is 7.15. The third-order valence-electron chi connectivity index (χ3n) is 5.28. The smallest absolute Gasteiger partial charge is 0.257 e. The Kier molecular flexibility index (Phi) is 5.13. The zero-order chi connectivity index (χ0) is 18.6. The maximum Gasteiger partial charge on any atom is 0.257 e. The second-order valence-electron chi connectivity index (χ2n) is 7.15. The van der Waals surface area contributed by atoms with Gasteiger partial charge in [0.1, 0.15) is 0 Å². The van der Waals surface area contributed by atoms with Gasteiger partial charge in [-0.05, 0) is 55.5 Å². The zero-order valence-corrected chi connectivity index (χ0v) is 14.9. The molecule has 2 heterocycles. The lowest BCUT2D eigenvalue weighted by Gasteiger charge is -2.31. The standard InChI is InChI=1S/C20H23N5O2/c26-19(24-17-6-7-18-15(10-17)12-22-25-18)13-3-1-5-16(9-13)23-20(27)14-4-2-8-21-11-14/h1-5,8-9,11,15,17-18,22,25H,6-7,10,12H2,(H,23,27)(H,24,26). The maximum atomic E-state index is 12.6. The minimum atomic E-state index is -0.250. The second kappa shape index (κ2) is 7.85. The van der Waals surface area contributed by atoms with Crippen molar-refractivity contribution >= 4 is 17.5 Å². The van der Waals surface area contributed by atoms with Gasteiger partial charge in [0.05, 0.1) is 5.56 Å². The molecule has 0 radical (unpaired) electrons. The molecule has 1 aromatic heterocycles. The van der Waals surface area contributed by atoms with Crippen LogP contribution in [0.25, 0.3) is 0 Å². The van der Waals surface area contributed by atoms with E-state index in [1.165, 1.54) is 6.20 Å². The molecular formula is C20H23N5O2. The van der Waals surface area contributed by atoms with E-state index in [2.05, 4.69) is 26.5 Å². The first-order chi connectivity index (χ1) is 13.2. The van der Waals surface area contributed by atoms with Gasteiger partial charge < -0.3 is 10.6 Å². The molecular weight excluding hydrogens is 342 g/mol. The number of rotatable bonds is 4. The van der Waals surface area contributed by atoms with Gasteiger partial charge in [-0.1, -0.05) is 6.07 Å². The van der Waals surface area contributed by atoms with Crippen molar-refractivity contribution in [2.45, 2.75) is 31.3 Å². The Bertz CT molecular complexity index is 826. The molecule has 7 heteroatoms. The van der Waals surface area contributed by atoms with Gasteiger partial charge in [0.25, 0.3) is 11.8 Å². The van der Waals surface area contributed by atoms with Gasteiger partial charge in [0.15, 0.2) is 0 Å². The van der Waals surface area contributed by atoms with Crippen LogP contribution >= 0.6 is 0 Å². The van der Waals surface area contributed by atoms with Crippen LogP contribution in [0.15, 0.2) is 48.8 Å². The molecule has 3 unspecified atom stereocenters. The van der Waals surface area contributed by atoms with Crippen LogP contribution < -0.4 is 21.5 Å². The summed E-state index contributed by atoms with van der Waals surface area (Å²) in [5.41, 5.74) is 8.10. The van der Waals surface area contributed by atoms with E-state index in [0.29, 0.717) is 28.8 Å². The predicted octanol–water partition coefficient (Wildman–Crippen LogP) is 1.71. The minimum Gasteiger partial charge on any atom is -0.349 e. The largest absolute Gasteiger partial charge is 0.349 e. The minimum absolute atomic E-state index is 0.102. The van der Waals surface area contributed by atoms with Crippen LogP contribution in [0.5, 0.6) is 0 Å². The molecule has 4 N–H and O–H groups in total. The van der Waals surface area contributed by atoms with Gasteiger partial charge in [-0.25, -0.2) is 0 Å². The highest BCUT2D eigenvalue weighted by Crippen LogP contribution is 2.27. The molecule has 1 saturated heterocycles. The monoisotopic (exact) mass is 365 g/mol. The first-order valence-electron chi connectivity index (χ1n) is 9.30. The van der Waals surface area contributed by atoms with Gasteiger partial charge in [0.2, 0.25) is 0 Å². The number of benzene rings is 1. The Morgan fingerprint density at radius 1 is 1.07 bits per heavy atom. The normalized spacial score (nSPS) is 24.1. The molecule has 0 bridgehead atoms. The molecule has 3 atom stereocenters. The molecule has 7 nitrogen and oxygen atoms in total. The molecule has 27 heavy (non-hydrogen) atoms. The summed E-state index contributed by atoms with van der Waals surface area (Å²) in [7, 11) is 0. The number of carbonyl (C=O) groups excluding carboxylic acids is 2. The average Bonchev–Trinajstić information content (AvgIpc) is 3.16. The van der Waals surface area contributed by atoms with E-state index in [-0.39, 0.29) is 17.9 Å². The number of hydrogen-bond acceptors (Lipinski definition) is 5. The van der Waals surface area contributed by atoms with E-state index in [0.717, 1.165) is 25.8 Å². The number of carbonyl (C=O) groups is 2. The molecule has 2 fully saturated rings. The van der Waals surface area contributed by atoms with Crippen molar-refractivity contribution in [2.24, 2.45) is 5.92 Å². The van der Waals surface area contributed by atoms with Crippen molar-refractivity contribution in [3.05, 3.63) is 59.9 Å². The van der Waals surface area contributed by atoms with Crippen molar-refractivity contribution < 1.29 is 9.59 Å². The van der Waals surface area contributed by atoms with Gasteiger partial charge in [-0.2, -0.15) is 0 Å². The van der Waals surface area contributed by atoms with Crippen LogP contribution in [0, 0.1) is 5.92 Å². The first kappa shape index (κ1) is 17.6. The van der Waals surface area contributed by atoms with E-state index >= 15 is 0 Å². The van der Waals surface area contributed by atoms with E-state index < -0.39 is 0 Å². The summed E-state index contributed by atoms with van der Waals surface area (Å²) in [5.74, 6) is 0.212. The summed E-state index contributed by atoms with van der Waals surface area (Å²) >= 11 is 0. The molecule has 2 aromatic rings. The highest BCUT2D eigenvalue weighted by Gasteiger charge is 2.34. The quantitative estimate of drug-likeness (QED) is 0.662. The number of pyridine rings is 1. The van der Waals surface area contributed by atoms with Gasteiger partial charge in [0, 0.05) is 42.3 Å². The molecule has 1 saturated carbocycles. The highest BCUT2D eigenvalue weighted by atomic mass is 16.2. The molecule has 2 aliphatic rings. The van der Waals surface area contributed by atoms with Gasteiger partial charge in [-0.15, -0.1) is 0 Å². The third kappa shape index (κ3) is 4.15. The Morgan fingerprint density at radius 3 is 2.81 bits per heavy atom. The third-order valence-corrected chi connectivity index (χ3v) is 5.28. The molecule has 2 amide bonds. The number of fused-ring (bicyclic) bond motifs is 1. The molecule has 1 aromatic carbocycles. The lowest BCUT2D eigenvalue weighted by Crippen LogP contribution is -2.44. The fourth-order valence-electron chi connectivity index (χ4n) is 3.84. The number of aromatic nitrogens is 1. The molecule has 1 aliphatic carbocycles. The molecule has 0 spiro atoms. The summed E-state index contributed by atoms with van der Waals surface area (Å²) in [6, 6.07) is 11.1. The first-order valence-corrected chi connectivity index (χ1v) is 9.30. The van der Waals surface area contributed by atoms with E-state index in [9.17, 15) is 9.59 Å². The number of hydrogen-bond donors (Lipinski definition) is 4. The Hall–Kier alpha value is -2.77. The number of anilines is 1. The number of amides is 2. The summed E-state index contributed by atoms with van der Waals surface area (Å²) < 4.78 is 0. The average molecular weight is 365 g/mol. The van der Waals surface area contributed by atoms with Crippen LogP contribution in [-0.2, 0) is 0 Å². The molecule has 140 valence electrons. The summed E-state index contributed by atoms with van der Waals surface area (Å²) in [6.45, 7) is 0.951. The molecule has 4 rings (SSSR count). The Morgan fingerprint density at radius 2 is 1.96 bits per heavy atom. The van der Waals surface area contributed by atoms with Crippen LogP contribution in [0.2, 0.25) is 0 Å². The van der Waals surface area contributed by atoms with Crippen molar-refractivity contribution in [3.8, 4) is 0 Å². The van der Waals surface area contributed by atoms with Crippen LogP contribution in [0.1, 0.15) is 40.0 Å². The summed E-state index contributed by atoms with van der Waals surface area (Å²) in [4.78, 5) is 28.8. The lowest BCUT2D eigenvalue weighted by atomic mass is 9.83. The summed E-state index contributed by atoms with van der Waals surface area (Å²) in [5, 5.41) is 5.95. The van der Waals surface area contributed by atoms with E-state index in [1.807, 2.05) is 0 Å². The Labute approximate surface area is 157 Å². The highest BCUT2D eigenvalue weighted by molar-refractivity contribution is 6.04. The van der Waals surface area contributed by atoms with Crippen molar-refractivity contribution in [3.63, 3.8) is 0 Å². The number of nitrogens with zero attached hydrogens (tertiary/aromatic N) is 1. The SMILES string of the molecule is O=C(Nc1cccc(C(=O)NC2CCC3NNCC3C2)c1)c1cccnc1. The molecule has 1 aliphatic heterocycles. The van der Waals surface area contributed by atoms with Crippen molar-refractivity contribution in [1.29, 1.82) is 0 Å². The van der Waals surface area contributed by atoms with E-state index in [1.54, 1.807) is 42.6 Å². The Balaban J connectivity index is 1.38. The number of hydrazine groups is 1. The fourth-order valence-corrected chi connectivity index (χ4v) is 3.84. The van der Waals surface area contributed by atoms with Crippen LogP contribution in [-0.4, -0.2) is 35.4 Å². The van der Waals surface area contributed by atoms with Crippen LogP contribution in [0.3, 0.4) is 0 Å². The zero-order valence-electron chi connectivity index (χ0n) is 14.9. The fraction of sp³-hybridized carbons (Fsp3) is 0.350. The lowest BCUT2D eigenvalue weighted by molar-refractivity contribution is 0.0917. The van der Waals surface area contributed by atoms with Crippen molar-refractivity contribution in [1.82, 2.24) is 21.2 Å². The number of nitrogens with one attached hydrogen (secondary N) is 4. The van der Waals surface area contributed by atoms with Crippen molar-refractivity contribution in [2.75, 3.05) is 11.9 Å². The summed E-state index contributed by atoms with van der Waals surface area (Å²) in [6.07, 6.45) is 6.14. The van der Waals surface area contributed by atoms with Crippen LogP contribution in [0.4, 0.5) is 5.69 Å². The van der Waals surface area contributed by atoms with Gasteiger partial charge in [-0.3, -0.25) is 25.4 Å². The predicted molar refractivity (Wildman–Crippen MR) is 102 cm³/mol. The van der Waals surface area contributed by atoms with E-state index in [4.69, 9.17) is 0 Å². The topological polar surface area (TPSA) is 95.2 Å². The maximum absolute atomic E-state index is 12.6. The van der Waals surface area contributed by atoms with Gasteiger partial charge >= 0.3 is 0 Å².